The molecule has 0 fully saturated rings. The number of hydrogen-bond acceptors (Lipinski definition) is 6. The fourth-order valence-electron chi connectivity index (χ4n) is 1.44. The van der Waals surface area contributed by atoms with Crippen molar-refractivity contribution in [3.05, 3.63) is 57.0 Å². The number of nitro groups is 1. The van der Waals surface area contributed by atoms with Crippen LogP contribution in [0.25, 0.3) is 0 Å². The van der Waals surface area contributed by atoms with Crippen molar-refractivity contribution in [3.8, 4) is 0 Å². The van der Waals surface area contributed by atoms with Gasteiger partial charge in [-0.05, 0) is 25.1 Å². The van der Waals surface area contributed by atoms with Gasteiger partial charge in [-0.2, -0.15) is 13.5 Å². The van der Waals surface area contributed by atoms with E-state index >= 15 is 0 Å². The molecule has 1 N–H and O–H groups in total. The second-order valence-corrected chi connectivity index (χ2v) is 6.85. The van der Waals surface area contributed by atoms with Gasteiger partial charge in [0.1, 0.15) is 0 Å². The molecule has 0 aliphatic carbocycles. The van der Waals surface area contributed by atoms with Gasteiger partial charge in [0.2, 0.25) is 0 Å². The number of hydrogen-bond donors (Lipinski definition) is 1. The zero-order valence-electron chi connectivity index (χ0n) is 10.9. The number of nitrogens with zero attached hydrogens (tertiary/aromatic N) is 2. The van der Waals surface area contributed by atoms with Gasteiger partial charge in [-0.25, -0.2) is 4.83 Å². The van der Waals surface area contributed by atoms with Gasteiger partial charge in [-0.1, -0.05) is 29.0 Å². The quantitative estimate of drug-likeness (QED) is 0.517. The lowest BCUT2D eigenvalue weighted by Gasteiger charge is -2.02. The second kappa shape index (κ2) is 6.02. The number of benzene rings is 1. The van der Waals surface area contributed by atoms with Gasteiger partial charge in [0.25, 0.3) is 10.0 Å². The van der Waals surface area contributed by atoms with Gasteiger partial charge < -0.3 is 0 Å². The molecule has 1 aromatic carbocycles. The molecule has 9 heteroatoms. The standard InChI is InChI=1S/C12H11N3O4S2/c1-9-2-5-11(6-3-9)21(18,19)14-13-8-10-4-7-12(20-10)15(16)17/h2-8,14H,1H3/b13-8+. The fraction of sp³-hybridized carbons (Fsp3) is 0.0833. The first-order valence-corrected chi connectivity index (χ1v) is 8.04. The van der Waals surface area contributed by atoms with E-state index in [1.807, 2.05) is 6.92 Å². The molecule has 0 spiro atoms. The normalized spacial score (nSPS) is 11.7. The minimum absolute atomic E-state index is 0.0298. The highest BCUT2D eigenvalue weighted by atomic mass is 32.2. The molecule has 110 valence electrons. The summed E-state index contributed by atoms with van der Waals surface area (Å²) in [6.07, 6.45) is 1.23. The maximum absolute atomic E-state index is 11.9. The van der Waals surface area contributed by atoms with Crippen LogP contribution in [0.1, 0.15) is 10.4 Å². The molecule has 1 aromatic heterocycles. The number of aryl methyl sites for hydroxylation is 1. The Morgan fingerprint density at radius 3 is 2.48 bits per heavy atom. The van der Waals surface area contributed by atoms with Crippen molar-refractivity contribution in [1.82, 2.24) is 4.83 Å². The predicted molar refractivity (Wildman–Crippen MR) is 80.1 cm³/mol. The van der Waals surface area contributed by atoms with Gasteiger partial charge >= 0.3 is 5.00 Å². The van der Waals surface area contributed by atoms with E-state index in [0.29, 0.717) is 4.88 Å². The molecule has 2 aromatic rings. The topological polar surface area (TPSA) is 102 Å². The van der Waals surface area contributed by atoms with Gasteiger partial charge in [-0.3, -0.25) is 10.1 Å². The summed E-state index contributed by atoms with van der Waals surface area (Å²) < 4.78 is 23.8. The molecule has 0 aliphatic rings. The molecule has 0 bridgehead atoms. The third-order valence-corrected chi connectivity index (χ3v) is 4.70. The van der Waals surface area contributed by atoms with E-state index in [-0.39, 0.29) is 9.90 Å². The Morgan fingerprint density at radius 1 is 1.24 bits per heavy atom. The lowest BCUT2D eigenvalue weighted by Crippen LogP contribution is -2.18. The molecule has 0 amide bonds. The third-order valence-electron chi connectivity index (χ3n) is 2.49. The first-order valence-electron chi connectivity index (χ1n) is 5.74. The van der Waals surface area contributed by atoms with Crippen LogP contribution in [0.5, 0.6) is 0 Å². The fourth-order valence-corrected chi connectivity index (χ4v) is 2.92. The Labute approximate surface area is 125 Å². The molecule has 0 radical (unpaired) electrons. The number of rotatable bonds is 5. The Morgan fingerprint density at radius 2 is 1.90 bits per heavy atom. The van der Waals surface area contributed by atoms with Crippen LogP contribution in [0.3, 0.4) is 0 Å². The Bertz CT molecular complexity index is 779. The lowest BCUT2D eigenvalue weighted by molar-refractivity contribution is -0.380. The molecule has 0 aliphatic heterocycles. The smallest absolute Gasteiger partial charge is 0.258 e. The summed E-state index contributed by atoms with van der Waals surface area (Å²) in [5.74, 6) is 0. The average Bonchev–Trinajstić information content (AvgIpc) is 2.88. The summed E-state index contributed by atoms with van der Waals surface area (Å²) in [7, 11) is -3.73. The van der Waals surface area contributed by atoms with E-state index in [1.165, 1.54) is 30.5 Å². The van der Waals surface area contributed by atoms with Gasteiger partial charge in [0, 0.05) is 6.07 Å². The zero-order chi connectivity index (χ0) is 15.5. The monoisotopic (exact) mass is 325 g/mol. The summed E-state index contributed by atoms with van der Waals surface area (Å²) in [5.41, 5.74) is 0.948. The zero-order valence-corrected chi connectivity index (χ0v) is 12.5. The van der Waals surface area contributed by atoms with Crippen LogP contribution < -0.4 is 4.83 Å². The van der Waals surface area contributed by atoms with Crippen LogP contribution >= 0.6 is 11.3 Å². The van der Waals surface area contributed by atoms with Crippen LogP contribution in [0, 0.1) is 17.0 Å². The van der Waals surface area contributed by atoms with Crippen LogP contribution in [-0.4, -0.2) is 19.6 Å². The van der Waals surface area contributed by atoms with Gasteiger partial charge in [-0.15, -0.1) is 0 Å². The average molecular weight is 325 g/mol. The van der Waals surface area contributed by atoms with Crippen molar-refractivity contribution in [3.63, 3.8) is 0 Å². The first-order chi connectivity index (χ1) is 9.88. The van der Waals surface area contributed by atoms with Crippen molar-refractivity contribution >= 4 is 32.6 Å². The minimum Gasteiger partial charge on any atom is -0.258 e. The van der Waals surface area contributed by atoms with Crippen LogP contribution in [-0.2, 0) is 10.0 Å². The first kappa shape index (κ1) is 15.1. The van der Waals surface area contributed by atoms with E-state index < -0.39 is 14.9 Å². The number of sulfonamides is 1. The van der Waals surface area contributed by atoms with Gasteiger partial charge in [0.15, 0.2) is 0 Å². The lowest BCUT2D eigenvalue weighted by atomic mass is 10.2. The summed E-state index contributed by atoms with van der Waals surface area (Å²) in [4.78, 5) is 12.6. The molecule has 7 nitrogen and oxygen atoms in total. The molecule has 2 rings (SSSR count). The number of thiophene rings is 1. The van der Waals surface area contributed by atoms with Crippen LogP contribution in [0.4, 0.5) is 5.00 Å². The minimum atomic E-state index is -3.73. The molecular weight excluding hydrogens is 314 g/mol. The van der Waals surface area contributed by atoms with Crippen molar-refractivity contribution in [2.45, 2.75) is 11.8 Å². The molecule has 0 unspecified atom stereocenters. The number of nitrogens with one attached hydrogen (secondary N) is 1. The van der Waals surface area contributed by atoms with E-state index in [9.17, 15) is 18.5 Å². The van der Waals surface area contributed by atoms with Gasteiger partial charge in [0.05, 0.1) is 20.9 Å². The van der Waals surface area contributed by atoms with Crippen LogP contribution in [0.15, 0.2) is 46.4 Å². The predicted octanol–water partition coefficient (Wildman–Crippen LogP) is 2.28. The third kappa shape index (κ3) is 3.86. The van der Waals surface area contributed by atoms with Crippen molar-refractivity contribution < 1.29 is 13.3 Å². The maximum atomic E-state index is 11.9. The van der Waals surface area contributed by atoms with E-state index in [0.717, 1.165) is 16.9 Å². The van der Waals surface area contributed by atoms with Crippen molar-refractivity contribution in [2.75, 3.05) is 0 Å². The Hall–Kier alpha value is -2.26. The maximum Gasteiger partial charge on any atom is 0.324 e. The van der Waals surface area contributed by atoms with E-state index in [2.05, 4.69) is 9.93 Å². The molecule has 0 saturated carbocycles. The molecule has 21 heavy (non-hydrogen) atoms. The molecule has 0 saturated heterocycles. The Kier molecular flexibility index (Phi) is 4.34. The molecule has 1 heterocycles. The largest absolute Gasteiger partial charge is 0.324 e. The molecular formula is C12H11N3O4S2. The van der Waals surface area contributed by atoms with Crippen molar-refractivity contribution in [1.29, 1.82) is 0 Å². The summed E-state index contributed by atoms with van der Waals surface area (Å²) in [6, 6.07) is 9.14. The summed E-state index contributed by atoms with van der Waals surface area (Å²) >= 11 is 0.906. The highest BCUT2D eigenvalue weighted by molar-refractivity contribution is 7.89. The summed E-state index contributed by atoms with van der Waals surface area (Å²) in [5, 5.41) is 14.1. The van der Waals surface area contributed by atoms with Crippen LogP contribution in [0.2, 0.25) is 0 Å². The highest BCUT2D eigenvalue weighted by Crippen LogP contribution is 2.22. The van der Waals surface area contributed by atoms with Crippen molar-refractivity contribution in [2.24, 2.45) is 5.10 Å². The van der Waals surface area contributed by atoms with E-state index in [1.54, 1.807) is 12.1 Å². The second-order valence-electron chi connectivity index (χ2n) is 4.10. The SMILES string of the molecule is Cc1ccc(S(=O)(=O)N/N=C/c2ccc([N+](=O)[O-])s2)cc1. The number of hydrazone groups is 1. The molecule has 0 atom stereocenters. The summed E-state index contributed by atoms with van der Waals surface area (Å²) in [6.45, 7) is 1.85. The highest BCUT2D eigenvalue weighted by Gasteiger charge is 2.12. The van der Waals surface area contributed by atoms with E-state index in [4.69, 9.17) is 0 Å². The Balaban J connectivity index is 2.08.